The van der Waals surface area contributed by atoms with Gasteiger partial charge in [0.25, 0.3) is 0 Å². The molecule has 102 valence electrons. The van der Waals surface area contributed by atoms with E-state index in [9.17, 15) is 4.79 Å². The van der Waals surface area contributed by atoms with E-state index in [1.54, 1.807) is 12.3 Å². The lowest BCUT2D eigenvalue weighted by molar-refractivity contribution is 0.0520. The summed E-state index contributed by atoms with van der Waals surface area (Å²) in [7, 11) is 1.91. The van der Waals surface area contributed by atoms with Crippen molar-refractivity contribution in [1.82, 2.24) is 4.98 Å². The van der Waals surface area contributed by atoms with Crippen LogP contribution in [0.1, 0.15) is 28.9 Å². The van der Waals surface area contributed by atoms with Crippen molar-refractivity contribution in [3.05, 3.63) is 34.7 Å². The number of rotatable bonds is 5. The summed E-state index contributed by atoms with van der Waals surface area (Å²) < 4.78 is 10.4. The molecule has 19 heavy (non-hydrogen) atoms. The molecule has 0 fully saturated rings. The SMILES string of the molecule is CCOC(=O)c1csc(N(C)Cc2ccc(C)o2)n1. The van der Waals surface area contributed by atoms with Gasteiger partial charge in [-0.1, -0.05) is 0 Å². The number of esters is 1. The molecule has 0 unspecified atom stereocenters. The minimum absolute atomic E-state index is 0.351. The van der Waals surface area contributed by atoms with Gasteiger partial charge in [-0.15, -0.1) is 11.3 Å². The molecular weight excluding hydrogens is 264 g/mol. The maximum Gasteiger partial charge on any atom is 0.357 e. The topological polar surface area (TPSA) is 55.6 Å². The highest BCUT2D eigenvalue weighted by Gasteiger charge is 2.14. The van der Waals surface area contributed by atoms with Gasteiger partial charge in [0, 0.05) is 12.4 Å². The molecule has 0 N–H and O–H groups in total. The van der Waals surface area contributed by atoms with Gasteiger partial charge in [-0.3, -0.25) is 0 Å². The van der Waals surface area contributed by atoms with Crippen LogP contribution in [0.3, 0.4) is 0 Å². The third-order valence-electron chi connectivity index (χ3n) is 2.49. The Hall–Kier alpha value is -1.82. The highest BCUT2D eigenvalue weighted by Crippen LogP contribution is 2.22. The number of nitrogens with zero attached hydrogens (tertiary/aromatic N) is 2. The van der Waals surface area contributed by atoms with E-state index in [4.69, 9.17) is 9.15 Å². The molecular formula is C13H16N2O3S. The molecule has 2 aromatic rings. The monoisotopic (exact) mass is 280 g/mol. The molecule has 0 spiro atoms. The van der Waals surface area contributed by atoms with E-state index in [0.29, 0.717) is 18.8 Å². The zero-order valence-corrected chi connectivity index (χ0v) is 12.0. The van der Waals surface area contributed by atoms with Gasteiger partial charge in [0.1, 0.15) is 11.5 Å². The summed E-state index contributed by atoms with van der Waals surface area (Å²) >= 11 is 1.41. The maximum atomic E-state index is 11.5. The van der Waals surface area contributed by atoms with Crippen molar-refractivity contribution in [2.75, 3.05) is 18.6 Å². The van der Waals surface area contributed by atoms with Gasteiger partial charge in [0.2, 0.25) is 0 Å². The fourth-order valence-electron chi connectivity index (χ4n) is 1.61. The molecule has 0 saturated heterocycles. The first-order valence-electron chi connectivity index (χ1n) is 5.99. The second-order valence-corrected chi connectivity index (χ2v) is 4.94. The number of carbonyl (C=O) groups is 1. The van der Waals surface area contributed by atoms with Gasteiger partial charge in [0.15, 0.2) is 10.8 Å². The summed E-state index contributed by atoms with van der Waals surface area (Å²) in [4.78, 5) is 17.7. The van der Waals surface area contributed by atoms with Crippen molar-refractivity contribution < 1.29 is 13.9 Å². The van der Waals surface area contributed by atoms with E-state index in [0.717, 1.165) is 16.7 Å². The van der Waals surface area contributed by atoms with Crippen LogP contribution in [0.5, 0.6) is 0 Å². The summed E-state index contributed by atoms with van der Waals surface area (Å²) in [5, 5.41) is 2.47. The molecule has 0 atom stereocenters. The number of anilines is 1. The summed E-state index contributed by atoms with van der Waals surface area (Å²) in [6, 6.07) is 3.86. The van der Waals surface area contributed by atoms with Crippen LogP contribution in [0.4, 0.5) is 5.13 Å². The first-order valence-corrected chi connectivity index (χ1v) is 6.87. The van der Waals surface area contributed by atoms with Crippen LogP contribution in [0.25, 0.3) is 0 Å². The Labute approximate surface area is 115 Å². The Bertz CT molecular complexity index is 562. The fraction of sp³-hybridized carbons (Fsp3) is 0.385. The zero-order valence-electron chi connectivity index (χ0n) is 11.2. The standard InChI is InChI=1S/C13H16N2O3S/c1-4-17-12(16)11-8-19-13(14-11)15(3)7-10-6-5-9(2)18-10/h5-6,8H,4,7H2,1-3H3. The van der Waals surface area contributed by atoms with Gasteiger partial charge in [-0.05, 0) is 26.0 Å². The van der Waals surface area contributed by atoms with Crippen LogP contribution in [-0.4, -0.2) is 24.6 Å². The van der Waals surface area contributed by atoms with E-state index < -0.39 is 0 Å². The van der Waals surface area contributed by atoms with Gasteiger partial charge >= 0.3 is 5.97 Å². The Balaban J connectivity index is 2.03. The number of furan rings is 1. The van der Waals surface area contributed by atoms with Crippen molar-refractivity contribution in [1.29, 1.82) is 0 Å². The molecule has 5 nitrogen and oxygen atoms in total. The highest BCUT2D eigenvalue weighted by molar-refractivity contribution is 7.13. The molecule has 0 saturated carbocycles. The first-order chi connectivity index (χ1) is 9.10. The molecule has 0 aromatic carbocycles. The van der Waals surface area contributed by atoms with Crippen LogP contribution >= 0.6 is 11.3 Å². The molecule has 0 aliphatic carbocycles. The van der Waals surface area contributed by atoms with Crippen molar-refractivity contribution in [2.45, 2.75) is 20.4 Å². The number of aromatic nitrogens is 1. The lowest BCUT2D eigenvalue weighted by Gasteiger charge is -2.13. The summed E-state index contributed by atoms with van der Waals surface area (Å²) in [5.41, 5.74) is 0.351. The molecule has 0 radical (unpaired) electrons. The van der Waals surface area contributed by atoms with E-state index in [1.165, 1.54) is 11.3 Å². The molecule has 2 heterocycles. The van der Waals surface area contributed by atoms with Gasteiger partial charge in [0.05, 0.1) is 13.2 Å². The average molecular weight is 280 g/mol. The molecule has 0 aliphatic heterocycles. The summed E-state index contributed by atoms with van der Waals surface area (Å²) in [6.07, 6.45) is 0. The second-order valence-electron chi connectivity index (χ2n) is 4.10. The quantitative estimate of drug-likeness (QED) is 0.788. The van der Waals surface area contributed by atoms with Crippen LogP contribution in [0.2, 0.25) is 0 Å². The van der Waals surface area contributed by atoms with Crippen LogP contribution in [0, 0.1) is 6.92 Å². The lowest BCUT2D eigenvalue weighted by Crippen LogP contribution is -2.16. The van der Waals surface area contributed by atoms with Crippen LogP contribution < -0.4 is 4.90 Å². The van der Waals surface area contributed by atoms with Crippen molar-refractivity contribution in [3.63, 3.8) is 0 Å². The molecule has 6 heteroatoms. The molecule has 0 aliphatic rings. The predicted octanol–water partition coefficient (Wildman–Crippen LogP) is 2.86. The molecule has 0 bridgehead atoms. The number of hydrogen-bond donors (Lipinski definition) is 0. The fourth-order valence-corrected chi connectivity index (χ4v) is 2.37. The first kappa shape index (κ1) is 13.6. The number of carbonyl (C=O) groups excluding carboxylic acids is 1. The largest absolute Gasteiger partial charge is 0.464 e. The predicted molar refractivity (Wildman–Crippen MR) is 73.6 cm³/mol. The van der Waals surface area contributed by atoms with E-state index in [2.05, 4.69) is 4.98 Å². The second kappa shape index (κ2) is 5.88. The van der Waals surface area contributed by atoms with Crippen molar-refractivity contribution in [3.8, 4) is 0 Å². The lowest BCUT2D eigenvalue weighted by atomic mass is 10.4. The summed E-state index contributed by atoms with van der Waals surface area (Å²) in [5.74, 6) is 1.37. The normalized spacial score (nSPS) is 10.5. The van der Waals surface area contributed by atoms with Crippen LogP contribution in [0.15, 0.2) is 21.9 Å². The van der Waals surface area contributed by atoms with Gasteiger partial charge < -0.3 is 14.1 Å². The molecule has 2 rings (SSSR count). The van der Waals surface area contributed by atoms with Crippen molar-refractivity contribution in [2.24, 2.45) is 0 Å². The van der Waals surface area contributed by atoms with Crippen molar-refractivity contribution >= 4 is 22.4 Å². The van der Waals surface area contributed by atoms with Crippen LogP contribution in [-0.2, 0) is 11.3 Å². The zero-order chi connectivity index (χ0) is 13.8. The third-order valence-corrected chi connectivity index (χ3v) is 3.45. The van der Waals surface area contributed by atoms with E-state index >= 15 is 0 Å². The average Bonchev–Trinajstić information content (AvgIpc) is 2.98. The van der Waals surface area contributed by atoms with E-state index in [1.807, 2.05) is 31.0 Å². The number of ether oxygens (including phenoxy) is 1. The summed E-state index contributed by atoms with van der Waals surface area (Å²) in [6.45, 7) is 4.65. The highest BCUT2D eigenvalue weighted by atomic mass is 32.1. The Morgan fingerprint density at radius 1 is 1.53 bits per heavy atom. The number of thiazole rings is 1. The van der Waals surface area contributed by atoms with Gasteiger partial charge in [-0.2, -0.15) is 0 Å². The Morgan fingerprint density at radius 3 is 2.95 bits per heavy atom. The smallest absolute Gasteiger partial charge is 0.357 e. The third kappa shape index (κ3) is 3.35. The van der Waals surface area contributed by atoms with E-state index in [-0.39, 0.29) is 5.97 Å². The molecule has 2 aromatic heterocycles. The maximum absolute atomic E-state index is 11.5. The molecule has 0 amide bonds. The Morgan fingerprint density at radius 2 is 2.32 bits per heavy atom. The minimum atomic E-state index is -0.382. The number of aryl methyl sites for hydroxylation is 1. The number of hydrogen-bond acceptors (Lipinski definition) is 6. The Kier molecular flexibility index (Phi) is 4.21. The minimum Gasteiger partial charge on any atom is -0.464 e. The van der Waals surface area contributed by atoms with Gasteiger partial charge in [-0.25, -0.2) is 9.78 Å².